The number of ether oxygens (including phenoxy) is 3. The standard InChI is InChI=1S/C21H22N2O4/c24-20(15-4-5-16-11-25-12-17(16)9-15)23-13-21(14-23)10-18(6-8-26-21)27-19-3-1-2-7-22-19/h1-5,7,9,18H,6,8,10-14H2. The van der Waals surface area contributed by atoms with Crippen molar-refractivity contribution in [3.05, 3.63) is 59.3 Å². The first kappa shape index (κ1) is 16.7. The number of rotatable bonds is 3. The number of benzene rings is 1. The minimum absolute atomic E-state index is 0.0618. The van der Waals surface area contributed by atoms with Gasteiger partial charge in [0.1, 0.15) is 11.7 Å². The fraction of sp³-hybridized carbons (Fsp3) is 0.429. The van der Waals surface area contributed by atoms with Gasteiger partial charge in [-0.15, -0.1) is 0 Å². The maximum atomic E-state index is 12.8. The highest BCUT2D eigenvalue weighted by Crippen LogP contribution is 2.36. The lowest BCUT2D eigenvalue weighted by Gasteiger charge is -2.52. The third kappa shape index (κ3) is 3.19. The van der Waals surface area contributed by atoms with E-state index in [1.807, 2.05) is 41.3 Å². The topological polar surface area (TPSA) is 60.9 Å². The SMILES string of the molecule is O=C(c1ccc2c(c1)COC2)N1CC2(CC(Oc3ccccn3)CCO2)C1. The molecule has 3 aliphatic heterocycles. The molecule has 0 saturated carbocycles. The van der Waals surface area contributed by atoms with Gasteiger partial charge in [0.25, 0.3) is 5.91 Å². The number of fused-ring (bicyclic) bond motifs is 1. The van der Waals surface area contributed by atoms with Crippen molar-refractivity contribution in [1.29, 1.82) is 0 Å². The van der Waals surface area contributed by atoms with Crippen molar-refractivity contribution >= 4 is 5.91 Å². The Labute approximate surface area is 158 Å². The molecule has 1 aromatic carbocycles. The molecule has 0 radical (unpaired) electrons. The summed E-state index contributed by atoms with van der Waals surface area (Å²) in [7, 11) is 0. The molecule has 1 aromatic heterocycles. The summed E-state index contributed by atoms with van der Waals surface area (Å²) in [5, 5.41) is 0. The highest BCUT2D eigenvalue weighted by Gasteiger charge is 2.50. The second-order valence-corrected chi connectivity index (χ2v) is 7.57. The second-order valence-electron chi connectivity index (χ2n) is 7.57. The summed E-state index contributed by atoms with van der Waals surface area (Å²) in [6, 6.07) is 11.5. The number of nitrogens with zero attached hydrogens (tertiary/aromatic N) is 2. The quantitative estimate of drug-likeness (QED) is 0.836. The molecule has 6 heteroatoms. The molecule has 1 spiro atoms. The molecule has 2 fully saturated rings. The van der Waals surface area contributed by atoms with Crippen molar-refractivity contribution in [1.82, 2.24) is 9.88 Å². The van der Waals surface area contributed by atoms with Gasteiger partial charge in [-0.2, -0.15) is 0 Å². The van der Waals surface area contributed by atoms with Crippen molar-refractivity contribution in [3.8, 4) is 5.88 Å². The maximum Gasteiger partial charge on any atom is 0.254 e. The first-order valence-electron chi connectivity index (χ1n) is 9.41. The Kier molecular flexibility index (Phi) is 4.10. The van der Waals surface area contributed by atoms with E-state index in [-0.39, 0.29) is 17.6 Å². The van der Waals surface area contributed by atoms with Crippen molar-refractivity contribution < 1.29 is 19.0 Å². The average molecular weight is 366 g/mol. The Morgan fingerprint density at radius 2 is 2.07 bits per heavy atom. The largest absolute Gasteiger partial charge is 0.474 e. The van der Waals surface area contributed by atoms with Gasteiger partial charge >= 0.3 is 0 Å². The monoisotopic (exact) mass is 366 g/mol. The van der Waals surface area contributed by atoms with E-state index < -0.39 is 0 Å². The summed E-state index contributed by atoms with van der Waals surface area (Å²) in [5.74, 6) is 0.707. The first-order valence-corrected chi connectivity index (χ1v) is 9.41. The van der Waals surface area contributed by atoms with Gasteiger partial charge in [0.2, 0.25) is 5.88 Å². The van der Waals surface area contributed by atoms with Crippen LogP contribution < -0.4 is 4.74 Å². The van der Waals surface area contributed by atoms with Gasteiger partial charge in [0.05, 0.1) is 32.9 Å². The van der Waals surface area contributed by atoms with Crippen LogP contribution in [0.2, 0.25) is 0 Å². The summed E-state index contributed by atoms with van der Waals surface area (Å²) in [4.78, 5) is 18.9. The van der Waals surface area contributed by atoms with E-state index in [0.29, 0.717) is 38.8 Å². The van der Waals surface area contributed by atoms with E-state index in [2.05, 4.69) is 4.98 Å². The van der Waals surface area contributed by atoms with E-state index in [0.717, 1.165) is 24.0 Å². The summed E-state index contributed by atoms with van der Waals surface area (Å²) < 4.78 is 17.5. The van der Waals surface area contributed by atoms with Gasteiger partial charge in [-0.25, -0.2) is 4.98 Å². The second kappa shape index (κ2) is 6.62. The number of hydrogen-bond acceptors (Lipinski definition) is 5. The zero-order valence-electron chi connectivity index (χ0n) is 15.1. The fourth-order valence-corrected chi connectivity index (χ4v) is 4.17. The number of aromatic nitrogens is 1. The van der Waals surface area contributed by atoms with Crippen molar-refractivity contribution in [3.63, 3.8) is 0 Å². The van der Waals surface area contributed by atoms with Gasteiger partial charge in [0, 0.05) is 30.7 Å². The van der Waals surface area contributed by atoms with Crippen LogP contribution in [0.25, 0.3) is 0 Å². The summed E-state index contributed by atoms with van der Waals surface area (Å²) >= 11 is 0. The minimum atomic E-state index is -0.285. The predicted molar refractivity (Wildman–Crippen MR) is 97.4 cm³/mol. The molecule has 0 aliphatic carbocycles. The van der Waals surface area contributed by atoms with E-state index in [1.54, 1.807) is 6.20 Å². The third-order valence-corrected chi connectivity index (χ3v) is 5.59. The van der Waals surface area contributed by atoms with Crippen molar-refractivity contribution in [2.45, 2.75) is 37.8 Å². The summed E-state index contributed by atoms with van der Waals surface area (Å²) in [5.41, 5.74) is 2.74. The Hall–Kier alpha value is -2.44. The van der Waals surface area contributed by atoms with Crippen LogP contribution in [0.15, 0.2) is 42.6 Å². The smallest absolute Gasteiger partial charge is 0.254 e. The molecule has 4 heterocycles. The van der Waals surface area contributed by atoms with Crippen LogP contribution in [0.4, 0.5) is 0 Å². The number of carbonyl (C=O) groups is 1. The number of carbonyl (C=O) groups excluding carboxylic acids is 1. The number of pyridine rings is 1. The number of hydrogen-bond donors (Lipinski definition) is 0. The van der Waals surface area contributed by atoms with Gasteiger partial charge in [-0.05, 0) is 29.3 Å². The molecule has 5 rings (SSSR count). The van der Waals surface area contributed by atoms with E-state index >= 15 is 0 Å². The summed E-state index contributed by atoms with van der Waals surface area (Å²) in [6.45, 7) is 3.11. The van der Waals surface area contributed by atoms with Crippen molar-refractivity contribution in [2.24, 2.45) is 0 Å². The molecule has 2 saturated heterocycles. The molecule has 27 heavy (non-hydrogen) atoms. The number of likely N-dealkylation sites (tertiary alicyclic amines) is 1. The highest BCUT2D eigenvalue weighted by atomic mass is 16.5. The Balaban J connectivity index is 1.22. The van der Waals surface area contributed by atoms with E-state index in [9.17, 15) is 4.79 Å². The molecule has 1 unspecified atom stereocenters. The lowest BCUT2D eigenvalue weighted by molar-refractivity contribution is -0.174. The molecule has 140 valence electrons. The Bertz CT molecular complexity index is 849. The van der Waals surface area contributed by atoms with E-state index in [4.69, 9.17) is 14.2 Å². The highest BCUT2D eigenvalue weighted by molar-refractivity contribution is 5.95. The minimum Gasteiger partial charge on any atom is -0.474 e. The molecule has 2 aromatic rings. The maximum absolute atomic E-state index is 12.8. The van der Waals surface area contributed by atoms with Crippen LogP contribution in [0.1, 0.15) is 34.3 Å². The Morgan fingerprint density at radius 1 is 1.19 bits per heavy atom. The zero-order chi connectivity index (χ0) is 18.3. The average Bonchev–Trinajstić information content (AvgIpc) is 3.14. The fourth-order valence-electron chi connectivity index (χ4n) is 4.17. The predicted octanol–water partition coefficient (Wildman–Crippen LogP) is 2.56. The first-order chi connectivity index (χ1) is 13.2. The molecule has 1 atom stereocenters. The molecule has 0 bridgehead atoms. The molecule has 1 amide bonds. The van der Waals surface area contributed by atoms with Crippen molar-refractivity contribution in [2.75, 3.05) is 19.7 Å². The lowest BCUT2D eigenvalue weighted by atomic mass is 9.84. The van der Waals surface area contributed by atoms with Gasteiger partial charge in [-0.1, -0.05) is 12.1 Å². The molecule has 6 nitrogen and oxygen atoms in total. The van der Waals surface area contributed by atoms with Crippen LogP contribution in [-0.2, 0) is 22.7 Å². The lowest BCUT2D eigenvalue weighted by Crippen LogP contribution is -2.67. The molecule has 0 N–H and O–H groups in total. The molecule has 3 aliphatic rings. The van der Waals surface area contributed by atoms with Crippen LogP contribution in [0.3, 0.4) is 0 Å². The van der Waals surface area contributed by atoms with E-state index in [1.165, 1.54) is 5.56 Å². The van der Waals surface area contributed by atoms with Crippen LogP contribution in [0, 0.1) is 0 Å². The van der Waals surface area contributed by atoms with Gasteiger partial charge in [-0.3, -0.25) is 4.79 Å². The normalized spacial score (nSPS) is 23.0. The molecular formula is C21H22N2O4. The molecular weight excluding hydrogens is 344 g/mol. The third-order valence-electron chi connectivity index (χ3n) is 5.59. The summed E-state index contributed by atoms with van der Waals surface area (Å²) in [6.07, 6.45) is 3.43. The van der Waals surface area contributed by atoms with Crippen LogP contribution >= 0.6 is 0 Å². The van der Waals surface area contributed by atoms with Crippen LogP contribution in [-0.4, -0.2) is 47.2 Å². The van der Waals surface area contributed by atoms with Gasteiger partial charge < -0.3 is 19.1 Å². The van der Waals surface area contributed by atoms with Gasteiger partial charge in [0.15, 0.2) is 0 Å². The number of amides is 1. The zero-order valence-corrected chi connectivity index (χ0v) is 15.1. The Morgan fingerprint density at radius 3 is 2.93 bits per heavy atom. The van der Waals surface area contributed by atoms with Crippen LogP contribution in [0.5, 0.6) is 5.88 Å².